The van der Waals surface area contributed by atoms with Gasteiger partial charge in [0.05, 0.1) is 30.6 Å². The van der Waals surface area contributed by atoms with Crippen LogP contribution in [0.25, 0.3) is 0 Å². The van der Waals surface area contributed by atoms with Gasteiger partial charge in [-0.2, -0.15) is 0 Å². The van der Waals surface area contributed by atoms with Crippen molar-refractivity contribution < 1.29 is 19.0 Å². The van der Waals surface area contributed by atoms with Crippen molar-refractivity contribution >= 4 is 11.7 Å². The monoisotopic (exact) mass is 267 g/mol. The first kappa shape index (κ1) is 15.3. The molecule has 1 aromatic carbocycles. The van der Waals surface area contributed by atoms with Crippen LogP contribution in [0.5, 0.6) is 5.75 Å². The summed E-state index contributed by atoms with van der Waals surface area (Å²) in [5, 5.41) is 0. The molecule has 2 N–H and O–H groups in total. The maximum Gasteiger partial charge on any atom is 0.338 e. The summed E-state index contributed by atoms with van der Waals surface area (Å²) >= 11 is 0. The van der Waals surface area contributed by atoms with E-state index in [1.165, 1.54) is 0 Å². The maximum atomic E-state index is 11.6. The molecule has 1 rings (SSSR count). The van der Waals surface area contributed by atoms with Crippen LogP contribution in [0.3, 0.4) is 0 Å². The van der Waals surface area contributed by atoms with E-state index in [9.17, 15) is 4.79 Å². The van der Waals surface area contributed by atoms with E-state index in [1.54, 1.807) is 25.1 Å². The second-order valence-corrected chi connectivity index (χ2v) is 4.24. The van der Waals surface area contributed by atoms with Gasteiger partial charge in [0, 0.05) is 0 Å². The van der Waals surface area contributed by atoms with Gasteiger partial charge in [-0.15, -0.1) is 0 Å². The molecule has 0 amide bonds. The number of hydrogen-bond acceptors (Lipinski definition) is 5. The predicted molar refractivity (Wildman–Crippen MR) is 73.4 cm³/mol. The zero-order valence-electron chi connectivity index (χ0n) is 11.6. The van der Waals surface area contributed by atoms with Gasteiger partial charge in [-0.1, -0.05) is 0 Å². The highest BCUT2D eigenvalue weighted by atomic mass is 16.5. The van der Waals surface area contributed by atoms with E-state index in [0.29, 0.717) is 36.8 Å². The number of nitrogen functional groups attached to an aromatic ring is 1. The third-order valence-electron chi connectivity index (χ3n) is 2.32. The number of carbonyl (C=O) groups is 1. The Labute approximate surface area is 113 Å². The van der Waals surface area contributed by atoms with Crippen molar-refractivity contribution in [2.75, 3.05) is 25.6 Å². The Morgan fingerprint density at radius 1 is 1.32 bits per heavy atom. The zero-order chi connectivity index (χ0) is 14.3. The normalized spacial score (nSPS) is 10.5. The highest BCUT2D eigenvalue weighted by Crippen LogP contribution is 2.23. The molecular formula is C14H21NO4. The lowest BCUT2D eigenvalue weighted by molar-refractivity contribution is 0.0523. The predicted octanol–water partition coefficient (Wildman–Crippen LogP) is 2.25. The zero-order valence-corrected chi connectivity index (χ0v) is 11.6. The van der Waals surface area contributed by atoms with Gasteiger partial charge >= 0.3 is 5.97 Å². The minimum atomic E-state index is -0.384. The van der Waals surface area contributed by atoms with E-state index in [1.807, 2.05) is 13.8 Å². The Morgan fingerprint density at radius 2 is 2.05 bits per heavy atom. The average Bonchev–Trinajstić information content (AvgIpc) is 2.36. The molecule has 0 aliphatic rings. The van der Waals surface area contributed by atoms with Gasteiger partial charge in [0.1, 0.15) is 12.4 Å². The summed E-state index contributed by atoms with van der Waals surface area (Å²) in [6.45, 7) is 6.86. The molecule has 0 spiro atoms. The van der Waals surface area contributed by atoms with Crippen molar-refractivity contribution in [3.8, 4) is 5.75 Å². The van der Waals surface area contributed by atoms with E-state index in [2.05, 4.69) is 0 Å². The first-order valence-electron chi connectivity index (χ1n) is 6.35. The van der Waals surface area contributed by atoms with Crippen LogP contribution in [0.4, 0.5) is 5.69 Å². The highest BCUT2D eigenvalue weighted by Gasteiger charge is 2.10. The number of ether oxygens (including phenoxy) is 3. The molecule has 0 heterocycles. The molecule has 5 heteroatoms. The van der Waals surface area contributed by atoms with Crippen LogP contribution in [0.2, 0.25) is 0 Å². The number of benzene rings is 1. The molecule has 5 nitrogen and oxygen atoms in total. The Bertz CT molecular complexity index is 418. The molecule has 0 atom stereocenters. The van der Waals surface area contributed by atoms with Gasteiger partial charge in [0.15, 0.2) is 0 Å². The SMILES string of the molecule is CCOC(=O)c1ccc(N)c(OCCOC(C)C)c1. The number of hydrogen-bond donors (Lipinski definition) is 1. The summed E-state index contributed by atoms with van der Waals surface area (Å²) in [6.07, 6.45) is 0.159. The van der Waals surface area contributed by atoms with Crippen LogP contribution in [-0.4, -0.2) is 31.9 Å². The molecule has 0 aliphatic heterocycles. The smallest absolute Gasteiger partial charge is 0.338 e. The average molecular weight is 267 g/mol. The van der Waals surface area contributed by atoms with Crippen molar-refractivity contribution in [3.05, 3.63) is 23.8 Å². The molecule has 0 saturated heterocycles. The number of rotatable bonds is 7. The van der Waals surface area contributed by atoms with Crippen molar-refractivity contribution in [2.45, 2.75) is 26.9 Å². The number of nitrogens with two attached hydrogens (primary N) is 1. The lowest BCUT2D eigenvalue weighted by Crippen LogP contribution is -2.12. The van der Waals surface area contributed by atoms with E-state index < -0.39 is 0 Å². The van der Waals surface area contributed by atoms with Crippen molar-refractivity contribution in [1.29, 1.82) is 0 Å². The quantitative estimate of drug-likeness (QED) is 0.466. The molecule has 0 fully saturated rings. The third kappa shape index (κ3) is 5.18. The van der Waals surface area contributed by atoms with Crippen LogP contribution in [0, 0.1) is 0 Å². The Kier molecular flexibility index (Phi) is 6.15. The fourth-order valence-corrected chi connectivity index (χ4v) is 1.44. The van der Waals surface area contributed by atoms with Gasteiger partial charge in [-0.05, 0) is 39.0 Å². The summed E-state index contributed by atoms with van der Waals surface area (Å²) in [4.78, 5) is 11.6. The van der Waals surface area contributed by atoms with Crippen LogP contribution in [0.1, 0.15) is 31.1 Å². The van der Waals surface area contributed by atoms with Gasteiger partial charge < -0.3 is 19.9 Å². The van der Waals surface area contributed by atoms with E-state index in [-0.39, 0.29) is 12.1 Å². The van der Waals surface area contributed by atoms with Crippen molar-refractivity contribution in [3.63, 3.8) is 0 Å². The van der Waals surface area contributed by atoms with E-state index >= 15 is 0 Å². The second kappa shape index (κ2) is 7.63. The summed E-state index contributed by atoms with van der Waals surface area (Å²) in [5.41, 5.74) is 6.70. The van der Waals surface area contributed by atoms with E-state index in [4.69, 9.17) is 19.9 Å². The lowest BCUT2D eigenvalue weighted by Gasteiger charge is -2.12. The summed E-state index contributed by atoms with van der Waals surface area (Å²) in [5.74, 6) is 0.0867. The number of anilines is 1. The minimum Gasteiger partial charge on any atom is -0.489 e. The molecule has 0 unspecified atom stereocenters. The standard InChI is InChI=1S/C14H21NO4/c1-4-17-14(16)11-5-6-12(15)13(9-11)19-8-7-18-10(2)3/h5-6,9-10H,4,7-8,15H2,1-3H3. The van der Waals surface area contributed by atoms with Gasteiger partial charge in [0.2, 0.25) is 0 Å². The molecule has 19 heavy (non-hydrogen) atoms. The van der Waals surface area contributed by atoms with Crippen LogP contribution >= 0.6 is 0 Å². The van der Waals surface area contributed by atoms with Gasteiger partial charge in [-0.3, -0.25) is 0 Å². The largest absolute Gasteiger partial charge is 0.489 e. The summed E-state index contributed by atoms with van der Waals surface area (Å²) < 4.78 is 15.8. The van der Waals surface area contributed by atoms with Crippen LogP contribution < -0.4 is 10.5 Å². The Morgan fingerprint density at radius 3 is 2.68 bits per heavy atom. The summed E-state index contributed by atoms with van der Waals surface area (Å²) in [6, 6.07) is 4.83. The molecule has 0 radical (unpaired) electrons. The highest BCUT2D eigenvalue weighted by molar-refractivity contribution is 5.90. The van der Waals surface area contributed by atoms with Gasteiger partial charge in [-0.25, -0.2) is 4.79 Å². The number of carbonyl (C=O) groups excluding carboxylic acids is 1. The maximum absolute atomic E-state index is 11.6. The fourth-order valence-electron chi connectivity index (χ4n) is 1.44. The van der Waals surface area contributed by atoms with Crippen LogP contribution in [0.15, 0.2) is 18.2 Å². The molecule has 106 valence electrons. The molecule has 0 aliphatic carbocycles. The van der Waals surface area contributed by atoms with E-state index in [0.717, 1.165) is 0 Å². The molecular weight excluding hydrogens is 246 g/mol. The van der Waals surface area contributed by atoms with Gasteiger partial charge in [0.25, 0.3) is 0 Å². The molecule has 0 bridgehead atoms. The topological polar surface area (TPSA) is 70.8 Å². The molecule has 0 aromatic heterocycles. The Balaban J connectivity index is 2.61. The molecule has 1 aromatic rings. The lowest BCUT2D eigenvalue weighted by atomic mass is 10.2. The minimum absolute atomic E-state index is 0.159. The molecule has 0 saturated carbocycles. The fraction of sp³-hybridized carbons (Fsp3) is 0.500. The third-order valence-corrected chi connectivity index (χ3v) is 2.32. The first-order valence-corrected chi connectivity index (χ1v) is 6.35. The second-order valence-electron chi connectivity index (χ2n) is 4.24. The Hall–Kier alpha value is -1.75. The van der Waals surface area contributed by atoms with Crippen molar-refractivity contribution in [1.82, 2.24) is 0 Å². The summed E-state index contributed by atoms with van der Waals surface area (Å²) in [7, 11) is 0. The first-order chi connectivity index (χ1) is 9.04. The van der Waals surface area contributed by atoms with Crippen LogP contribution in [-0.2, 0) is 9.47 Å². The number of esters is 1. The van der Waals surface area contributed by atoms with Crippen molar-refractivity contribution in [2.24, 2.45) is 0 Å².